The molecule has 0 amide bonds. The molecule has 0 atom stereocenters. The number of rotatable bonds is 1. The van der Waals surface area contributed by atoms with Crippen molar-refractivity contribution in [2.75, 3.05) is 0 Å². The SMILES string of the molecule is CC.CC.CC.CC.CC.CC.CC.Cc1ccc(-c2ccc(C)s2)cc1.Cc1ccc(C)cc1.Cc1ccc(C)o1.Cc1ccc(C)s1.Cc1csc(C)c1.Cc1cscc1C. The Labute approximate surface area is 409 Å². The van der Waals surface area contributed by atoms with Gasteiger partial charge in [-0.15, -0.1) is 34.0 Å². The van der Waals surface area contributed by atoms with E-state index in [9.17, 15) is 0 Å². The summed E-state index contributed by atoms with van der Waals surface area (Å²) in [5.74, 6) is 1.97. The zero-order valence-corrected chi connectivity index (χ0v) is 48.7. The Morgan fingerprint density at radius 3 is 0.841 bits per heavy atom. The normalized spacial score (nSPS) is 8.16. The second kappa shape index (κ2) is 51.2. The molecule has 63 heavy (non-hydrogen) atoms. The monoisotopic (exact) mass is 937 g/mol. The summed E-state index contributed by atoms with van der Waals surface area (Å²) in [4.78, 5) is 6.93. The molecule has 0 spiro atoms. The Balaban J connectivity index is -0.000000148. The summed E-state index contributed by atoms with van der Waals surface area (Å²) in [6.07, 6.45) is 0. The van der Waals surface area contributed by atoms with E-state index in [0.717, 1.165) is 11.5 Å². The average Bonchev–Trinajstić information content (AvgIpc) is 4.18. The van der Waals surface area contributed by atoms with Crippen molar-refractivity contribution >= 4 is 45.3 Å². The molecule has 0 fully saturated rings. The second-order valence-electron chi connectivity index (χ2n) is 12.2. The van der Waals surface area contributed by atoms with Crippen LogP contribution in [0, 0.1) is 83.1 Å². The first-order chi connectivity index (χ1) is 30.2. The van der Waals surface area contributed by atoms with Crippen LogP contribution in [0.3, 0.4) is 0 Å². The molecule has 0 aliphatic carbocycles. The molecule has 0 radical (unpaired) electrons. The molecule has 5 heterocycles. The maximum atomic E-state index is 5.08. The Kier molecular flexibility index (Phi) is 57.8. The Morgan fingerprint density at radius 1 is 0.317 bits per heavy atom. The molecule has 1 nitrogen and oxygen atoms in total. The molecule has 7 rings (SSSR count). The van der Waals surface area contributed by atoms with Crippen molar-refractivity contribution in [1.29, 1.82) is 0 Å². The van der Waals surface area contributed by atoms with Gasteiger partial charge < -0.3 is 4.42 Å². The highest BCUT2D eigenvalue weighted by Gasteiger charge is 1.99. The third-order valence-corrected chi connectivity index (χ3v) is 10.9. The van der Waals surface area contributed by atoms with Crippen LogP contribution in [0.1, 0.15) is 161 Å². The summed E-state index contributed by atoms with van der Waals surface area (Å²) in [6, 6.07) is 31.9. The standard InChI is InChI=1S/C12H12S.C8H10.C6H8O.3C6H8S.7C2H6/c1-9-3-6-11(7-4-9)12-8-5-10(2)13-12;1-7-3-5-8(2)6-4-7;1-5-3-4-6(2)7-5;1-5-3-7-4-6(5)2;1-5-3-6(2)7-4-5;1-5-3-4-6(2)7-5;7*1-2/h3-8H,1-2H3;3-6H,1-2H3;4*3-4H,1-2H3;7*1-2H3. The first-order valence-corrected chi connectivity index (χ1v) is 26.9. The van der Waals surface area contributed by atoms with E-state index < -0.39 is 0 Å². The summed E-state index contributed by atoms with van der Waals surface area (Å²) in [5, 5.41) is 6.49. The molecule has 5 heteroatoms. The summed E-state index contributed by atoms with van der Waals surface area (Å²) < 4.78 is 5.08. The van der Waals surface area contributed by atoms with Gasteiger partial charge in [-0.05, 0) is 164 Å². The van der Waals surface area contributed by atoms with E-state index in [1.54, 1.807) is 22.7 Å². The van der Waals surface area contributed by atoms with Crippen LogP contribution >= 0.6 is 45.3 Å². The van der Waals surface area contributed by atoms with Crippen LogP contribution < -0.4 is 0 Å². The maximum Gasteiger partial charge on any atom is 0.101 e. The minimum Gasteiger partial charge on any atom is -0.467 e. The van der Waals surface area contributed by atoms with Crippen LogP contribution in [0.5, 0.6) is 0 Å². The van der Waals surface area contributed by atoms with Crippen molar-refractivity contribution in [3.63, 3.8) is 0 Å². The summed E-state index contributed by atoms with van der Waals surface area (Å²) in [6.45, 7) is 53.1. The highest BCUT2D eigenvalue weighted by atomic mass is 32.1. The van der Waals surface area contributed by atoms with Crippen molar-refractivity contribution in [3.05, 3.63) is 172 Å². The smallest absolute Gasteiger partial charge is 0.101 e. The van der Waals surface area contributed by atoms with Gasteiger partial charge in [0, 0.05) is 24.4 Å². The molecular weight excluding hydrogens is 841 g/mol. The van der Waals surface area contributed by atoms with Gasteiger partial charge in [-0.3, -0.25) is 0 Å². The lowest BCUT2D eigenvalue weighted by atomic mass is 10.1. The molecule has 0 saturated heterocycles. The van der Waals surface area contributed by atoms with E-state index in [2.05, 4.69) is 164 Å². The predicted molar refractivity (Wildman–Crippen MR) is 304 cm³/mol. The van der Waals surface area contributed by atoms with E-state index in [1.807, 2.05) is 146 Å². The predicted octanol–water partition coefficient (Wildman–Crippen LogP) is 22.5. The van der Waals surface area contributed by atoms with E-state index in [0.29, 0.717) is 0 Å². The Hall–Kier alpha value is -3.48. The lowest BCUT2D eigenvalue weighted by Crippen LogP contribution is -1.72. The van der Waals surface area contributed by atoms with Gasteiger partial charge in [0.15, 0.2) is 0 Å². The summed E-state index contributed by atoms with van der Waals surface area (Å²) >= 11 is 7.26. The molecule has 5 aromatic heterocycles. The van der Waals surface area contributed by atoms with Crippen molar-refractivity contribution in [3.8, 4) is 10.4 Å². The van der Waals surface area contributed by atoms with Crippen LogP contribution in [0.25, 0.3) is 10.4 Å². The van der Waals surface area contributed by atoms with Gasteiger partial charge in [-0.25, -0.2) is 0 Å². The van der Waals surface area contributed by atoms with Gasteiger partial charge in [-0.2, -0.15) is 11.3 Å². The van der Waals surface area contributed by atoms with E-state index in [-0.39, 0.29) is 0 Å². The third-order valence-electron chi connectivity index (χ3n) is 7.02. The van der Waals surface area contributed by atoms with E-state index >= 15 is 0 Å². The Bertz CT molecular complexity index is 1700. The molecule has 0 aliphatic rings. The fourth-order valence-electron chi connectivity index (χ4n) is 4.06. The zero-order valence-electron chi connectivity index (χ0n) is 45.4. The molecule has 7 aromatic rings. The van der Waals surface area contributed by atoms with Crippen molar-refractivity contribution < 1.29 is 4.42 Å². The molecule has 2 aromatic carbocycles. The molecular formula is C58H96OS4. The second-order valence-corrected chi connectivity index (χ2v) is 16.9. The molecule has 0 bridgehead atoms. The minimum atomic E-state index is 0.984. The van der Waals surface area contributed by atoms with Gasteiger partial charge in [-0.1, -0.05) is 162 Å². The van der Waals surface area contributed by atoms with Gasteiger partial charge >= 0.3 is 0 Å². The highest BCUT2D eigenvalue weighted by molar-refractivity contribution is 7.15. The number of benzene rings is 2. The molecule has 0 unspecified atom stereocenters. The van der Waals surface area contributed by atoms with Crippen molar-refractivity contribution in [1.82, 2.24) is 0 Å². The summed E-state index contributed by atoms with van der Waals surface area (Å²) in [7, 11) is 0. The quantitative estimate of drug-likeness (QED) is 0.160. The first kappa shape index (κ1) is 71.2. The number of thiophene rings is 4. The number of hydrogen-bond acceptors (Lipinski definition) is 5. The van der Waals surface area contributed by atoms with Crippen molar-refractivity contribution in [2.45, 2.75) is 180 Å². The zero-order chi connectivity index (χ0) is 50.3. The first-order valence-electron chi connectivity index (χ1n) is 23.5. The lowest BCUT2D eigenvalue weighted by molar-refractivity contribution is 0.504. The third kappa shape index (κ3) is 42.2. The molecule has 0 N–H and O–H groups in total. The van der Waals surface area contributed by atoms with E-state index in [1.165, 1.54) is 63.3 Å². The number of aryl methyl sites for hydroxylation is 12. The fraction of sp³-hybridized carbons (Fsp3) is 0.448. The molecule has 0 saturated carbocycles. The summed E-state index contributed by atoms with van der Waals surface area (Å²) in [5.41, 5.74) is 9.49. The topological polar surface area (TPSA) is 13.1 Å². The maximum absolute atomic E-state index is 5.08. The van der Waals surface area contributed by atoms with E-state index in [4.69, 9.17) is 4.42 Å². The van der Waals surface area contributed by atoms with Gasteiger partial charge in [0.1, 0.15) is 11.5 Å². The van der Waals surface area contributed by atoms with Crippen LogP contribution in [-0.2, 0) is 0 Å². The largest absolute Gasteiger partial charge is 0.467 e. The lowest BCUT2D eigenvalue weighted by Gasteiger charge is -1.97. The van der Waals surface area contributed by atoms with Crippen molar-refractivity contribution in [2.24, 2.45) is 0 Å². The van der Waals surface area contributed by atoms with Gasteiger partial charge in [0.2, 0.25) is 0 Å². The van der Waals surface area contributed by atoms with Crippen LogP contribution in [0.4, 0.5) is 0 Å². The van der Waals surface area contributed by atoms with Crippen LogP contribution in [-0.4, -0.2) is 0 Å². The molecule has 0 aliphatic heterocycles. The number of furan rings is 1. The minimum absolute atomic E-state index is 0.984. The van der Waals surface area contributed by atoms with Gasteiger partial charge in [0.25, 0.3) is 0 Å². The Morgan fingerprint density at radius 2 is 0.651 bits per heavy atom. The average molecular weight is 938 g/mol. The fourth-order valence-corrected chi connectivity index (χ4v) is 7.25. The highest BCUT2D eigenvalue weighted by Crippen LogP contribution is 2.27. The van der Waals surface area contributed by atoms with Crippen LogP contribution in [0.2, 0.25) is 0 Å². The molecule has 358 valence electrons. The van der Waals surface area contributed by atoms with Gasteiger partial charge in [0.05, 0.1) is 0 Å². The van der Waals surface area contributed by atoms with Crippen LogP contribution in [0.15, 0.2) is 112 Å². The number of hydrogen-bond donors (Lipinski definition) is 0.